The molecule has 0 heterocycles. The van der Waals surface area contributed by atoms with E-state index in [9.17, 15) is 8.42 Å². The van der Waals surface area contributed by atoms with Crippen molar-refractivity contribution in [2.24, 2.45) is 0 Å². The number of carbonyl (C=O) groups is 2. The van der Waals surface area contributed by atoms with Gasteiger partial charge < -0.3 is 14.9 Å². The fourth-order valence-corrected chi connectivity index (χ4v) is 2.96. The average Bonchev–Trinajstić information content (AvgIpc) is 2.71. The van der Waals surface area contributed by atoms with Gasteiger partial charge in [0, 0.05) is 6.04 Å². The molecule has 0 unspecified atom stereocenters. The Bertz CT molecular complexity index is 317. The van der Waals surface area contributed by atoms with E-state index in [-0.39, 0.29) is 5.75 Å². The van der Waals surface area contributed by atoms with Gasteiger partial charge in [-0.15, -0.1) is 0 Å². The maximum absolute atomic E-state index is 10.6. The van der Waals surface area contributed by atoms with Gasteiger partial charge in [-0.3, -0.25) is 0 Å². The second-order valence-corrected chi connectivity index (χ2v) is 7.21. The molecule has 0 aromatic carbocycles. The van der Waals surface area contributed by atoms with Crippen molar-refractivity contribution in [3.8, 4) is 0 Å². The zero-order valence-corrected chi connectivity index (χ0v) is 17.9. The molecule has 1 fully saturated rings. The third kappa shape index (κ3) is 28.3. The van der Waals surface area contributed by atoms with Gasteiger partial charge in [-0.05, 0) is 39.3 Å². The SMILES string of the molecule is C=O.C=O.CC.CCCCS(=O)(=O)NC.CCCNC1CCCCC1. The van der Waals surface area contributed by atoms with Gasteiger partial charge >= 0.3 is 0 Å². The van der Waals surface area contributed by atoms with Crippen LogP contribution in [0.5, 0.6) is 0 Å². The molecule has 2 N–H and O–H groups in total. The highest BCUT2D eigenvalue weighted by Gasteiger charge is 2.10. The topological polar surface area (TPSA) is 92.3 Å². The fourth-order valence-electron chi connectivity index (χ4n) is 2.09. The number of rotatable bonds is 7. The molecule has 1 saturated carbocycles. The zero-order chi connectivity index (χ0) is 20.6. The summed E-state index contributed by atoms with van der Waals surface area (Å²) in [6, 6.07) is 0.855. The lowest BCUT2D eigenvalue weighted by atomic mass is 9.95. The summed E-state index contributed by atoms with van der Waals surface area (Å²) in [6.07, 6.45) is 10.1. The molecule has 1 aliphatic rings. The second kappa shape index (κ2) is 28.0. The number of unbranched alkanes of at least 4 members (excludes halogenated alkanes) is 1. The fraction of sp³-hybridized carbons (Fsp3) is 0.889. The van der Waals surface area contributed by atoms with Crippen molar-refractivity contribution in [3.05, 3.63) is 0 Å². The Morgan fingerprint density at radius 1 is 0.920 bits per heavy atom. The molecule has 0 aromatic rings. The van der Waals surface area contributed by atoms with Crippen molar-refractivity contribution in [2.45, 2.75) is 85.1 Å². The molecule has 0 atom stereocenters. The van der Waals surface area contributed by atoms with Crippen LogP contribution in [-0.4, -0.2) is 47.4 Å². The third-order valence-corrected chi connectivity index (χ3v) is 4.81. The maximum atomic E-state index is 10.6. The largest absolute Gasteiger partial charge is 0.314 e. The number of hydrogen-bond acceptors (Lipinski definition) is 5. The summed E-state index contributed by atoms with van der Waals surface area (Å²) in [5.41, 5.74) is 0. The first-order valence-electron chi connectivity index (χ1n) is 9.28. The van der Waals surface area contributed by atoms with E-state index in [1.54, 1.807) is 0 Å². The molecule has 25 heavy (non-hydrogen) atoms. The molecule has 1 aliphatic carbocycles. The Kier molecular flexibility index (Phi) is 35.8. The smallest absolute Gasteiger partial charge is 0.211 e. The lowest BCUT2D eigenvalue weighted by molar-refractivity contribution is -0.0987. The van der Waals surface area contributed by atoms with Gasteiger partial charge in [0.15, 0.2) is 0 Å². The predicted octanol–water partition coefficient (Wildman–Crippen LogP) is 3.31. The first-order valence-corrected chi connectivity index (χ1v) is 10.9. The van der Waals surface area contributed by atoms with Gasteiger partial charge in [0.2, 0.25) is 10.0 Å². The highest BCUT2D eigenvalue weighted by molar-refractivity contribution is 7.89. The van der Waals surface area contributed by atoms with E-state index in [4.69, 9.17) is 9.59 Å². The summed E-state index contributed by atoms with van der Waals surface area (Å²) >= 11 is 0. The Labute approximate surface area is 156 Å². The predicted molar refractivity (Wildman–Crippen MR) is 109 cm³/mol. The maximum Gasteiger partial charge on any atom is 0.211 e. The molecule has 1 rings (SSSR count). The van der Waals surface area contributed by atoms with Crippen molar-refractivity contribution in [2.75, 3.05) is 19.3 Å². The summed E-state index contributed by atoms with van der Waals surface area (Å²) in [7, 11) is -1.50. The minimum absolute atomic E-state index is 0.250. The second-order valence-electron chi connectivity index (χ2n) is 5.17. The minimum atomic E-state index is -2.93. The van der Waals surface area contributed by atoms with E-state index >= 15 is 0 Å². The first-order chi connectivity index (χ1) is 12.1. The van der Waals surface area contributed by atoms with E-state index in [0.717, 1.165) is 18.9 Å². The van der Waals surface area contributed by atoms with Crippen LogP contribution in [0.2, 0.25) is 0 Å². The van der Waals surface area contributed by atoms with Gasteiger partial charge in [0.25, 0.3) is 0 Å². The van der Waals surface area contributed by atoms with Gasteiger partial charge in [0.1, 0.15) is 13.6 Å². The third-order valence-electron chi connectivity index (χ3n) is 3.37. The molecule has 0 aliphatic heterocycles. The average molecular weight is 383 g/mol. The summed E-state index contributed by atoms with van der Waals surface area (Å²) in [4.78, 5) is 16.0. The van der Waals surface area contributed by atoms with Crippen molar-refractivity contribution in [1.29, 1.82) is 0 Å². The molecule has 6 nitrogen and oxygen atoms in total. The van der Waals surface area contributed by atoms with Crippen LogP contribution < -0.4 is 10.0 Å². The Hall–Kier alpha value is -0.790. The van der Waals surface area contributed by atoms with Crippen LogP contribution in [0.15, 0.2) is 0 Å². The first kappa shape index (κ1) is 31.9. The monoisotopic (exact) mass is 382 g/mol. The molecule has 0 radical (unpaired) electrons. The van der Waals surface area contributed by atoms with E-state index in [0.29, 0.717) is 0 Å². The molecule has 7 heteroatoms. The highest BCUT2D eigenvalue weighted by atomic mass is 32.2. The summed E-state index contributed by atoms with van der Waals surface area (Å²) in [5.74, 6) is 0.250. The molecule has 0 spiro atoms. The van der Waals surface area contributed by atoms with Gasteiger partial charge in [0.05, 0.1) is 5.75 Å². The number of hydrogen-bond donors (Lipinski definition) is 2. The Balaban J connectivity index is -0.000000136. The van der Waals surface area contributed by atoms with Crippen LogP contribution in [0.25, 0.3) is 0 Å². The zero-order valence-electron chi connectivity index (χ0n) is 17.1. The van der Waals surface area contributed by atoms with Crippen molar-refractivity contribution in [1.82, 2.24) is 10.0 Å². The van der Waals surface area contributed by atoms with Crippen LogP contribution in [0.1, 0.15) is 79.1 Å². The summed E-state index contributed by atoms with van der Waals surface area (Å²) in [6.45, 7) is 13.4. The molecule has 0 amide bonds. The van der Waals surface area contributed by atoms with Crippen molar-refractivity contribution in [3.63, 3.8) is 0 Å². The standard InChI is InChI=1S/C9H19N.C5H13NO2S.C2H6.2CH2O/c1-2-8-10-9-6-4-3-5-7-9;1-3-4-5-9(7,8)6-2;3*1-2/h9-10H,2-8H2,1H3;6H,3-5H2,1-2H3;1-2H3;2*1H2. The van der Waals surface area contributed by atoms with Crippen LogP contribution in [0.4, 0.5) is 0 Å². The van der Waals surface area contributed by atoms with Gasteiger partial charge in [-0.1, -0.05) is 53.4 Å². The van der Waals surface area contributed by atoms with Gasteiger partial charge in [-0.2, -0.15) is 0 Å². The van der Waals surface area contributed by atoms with E-state index in [1.807, 2.05) is 34.3 Å². The van der Waals surface area contributed by atoms with Crippen molar-refractivity contribution < 1.29 is 18.0 Å². The Morgan fingerprint density at radius 2 is 1.40 bits per heavy atom. The van der Waals surface area contributed by atoms with E-state index < -0.39 is 10.0 Å². The molecule has 0 saturated heterocycles. The van der Waals surface area contributed by atoms with E-state index in [1.165, 1.54) is 52.1 Å². The number of sulfonamides is 1. The van der Waals surface area contributed by atoms with E-state index in [2.05, 4.69) is 17.0 Å². The minimum Gasteiger partial charge on any atom is -0.314 e. The highest BCUT2D eigenvalue weighted by Crippen LogP contribution is 2.16. The van der Waals surface area contributed by atoms with Crippen LogP contribution in [0, 0.1) is 0 Å². The summed E-state index contributed by atoms with van der Waals surface area (Å²) in [5, 5.41) is 3.57. The normalized spacial score (nSPS) is 13.3. The van der Waals surface area contributed by atoms with Crippen LogP contribution in [-0.2, 0) is 19.6 Å². The molecule has 0 bridgehead atoms. The summed E-state index contributed by atoms with van der Waals surface area (Å²) < 4.78 is 23.5. The molecule has 0 aromatic heterocycles. The Morgan fingerprint density at radius 3 is 1.76 bits per heavy atom. The van der Waals surface area contributed by atoms with Gasteiger partial charge in [-0.25, -0.2) is 13.1 Å². The number of carbonyl (C=O) groups excluding carboxylic acids is 2. The molecule has 154 valence electrons. The quantitative estimate of drug-likeness (QED) is 0.705. The van der Waals surface area contributed by atoms with Crippen LogP contribution in [0.3, 0.4) is 0 Å². The molecular formula is C18H42N2O4S. The number of nitrogens with one attached hydrogen (secondary N) is 2. The van der Waals surface area contributed by atoms with Crippen molar-refractivity contribution >= 4 is 23.6 Å². The van der Waals surface area contributed by atoms with Crippen LogP contribution >= 0.6 is 0 Å². The molecular weight excluding hydrogens is 340 g/mol. The lowest BCUT2D eigenvalue weighted by Gasteiger charge is -2.22. The lowest BCUT2D eigenvalue weighted by Crippen LogP contribution is -2.31.